The molecule has 0 aliphatic rings. The molecule has 3 unspecified atom stereocenters. The van der Waals surface area contributed by atoms with Gasteiger partial charge in [-0.15, -0.1) is 0 Å². The molecule has 0 aliphatic carbocycles. The molecule has 0 aliphatic heterocycles. The molecule has 80 heavy (non-hydrogen) atoms. The van der Waals surface area contributed by atoms with Crippen LogP contribution in [0.3, 0.4) is 0 Å². The standard InChI is InChI=1S/C71H131N2O6P/c1-6-8-10-12-14-16-18-20-22-24-26-28-30-31-32-33-34-35-36-37-38-39-40-41-43-45-47-49-51-53-55-57-59-61-63-65-71(75)72-69(68-79-80(76,77)78-67-66-73(3,4)5)70(74)64-62-60-58-56-54-52-50-48-46-44-42-29-27-25-23-21-19-17-15-13-11-9-7-2/h8,10,14,16,20,22,26,28,46,48,54,56,62,64,69-70,74H,6-7,9,11-13,15,17-19,21,23-25,27,29-45,47,49-53,55,57-61,63,65-68H2,1-5H3,(H-,72,75,76,77)/p+1/b10-8-,16-14-,22-20-,28-26-,48-46+,56-54+,64-62+. The van der Waals surface area contributed by atoms with Crippen molar-refractivity contribution in [3.63, 3.8) is 0 Å². The van der Waals surface area contributed by atoms with E-state index in [4.69, 9.17) is 9.05 Å². The summed E-state index contributed by atoms with van der Waals surface area (Å²) in [7, 11) is 1.55. The number of aliphatic hydroxyl groups is 1. The van der Waals surface area contributed by atoms with E-state index in [-0.39, 0.29) is 19.1 Å². The molecule has 3 atom stereocenters. The van der Waals surface area contributed by atoms with E-state index in [1.54, 1.807) is 6.08 Å². The second-order valence-electron chi connectivity index (χ2n) is 24.2. The molecule has 9 heteroatoms. The normalized spacial score (nSPS) is 14.2. The summed E-state index contributed by atoms with van der Waals surface area (Å²) < 4.78 is 23.8. The van der Waals surface area contributed by atoms with Crippen LogP contribution in [-0.4, -0.2) is 73.4 Å². The monoisotopic (exact) mass is 1140 g/mol. The summed E-state index contributed by atoms with van der Waals surface area (Å²) >= 11 is 0. The third kappa shape index (κ3) is 63.3. The van der Waals surface area contributed by atoms with Crippen molar-refractivity contribution in [2.75, 3.05) is 40.9 Å². The summed E-state index contributed by atoms with van der Waals surface area (Å²) in [6.07, 6.45) is 87.3. The van der Waals surface area contributed by atoms with Crippen molar-refractivity contribution in [3.8, 4) is 0 Å². The highest BCUT2D eigenvalue weighted by Gasteiger charge is 2.28. The number of carbonyl (C=O) groups excluding carboxylic acids is 1. The maximum Gasteiger partial charge on any atom is 0.472 e. The van der Waals surface area contributed by atoms with Gasteiger partial charge in [0.25, 0.3) is 0 Å². The number of nitrogens with zero attached hydrogens (tertiary/aromatic N) is 1. The zero-order chi connectivity index (χ0) is 58.4. The molecule has 0 fully saturated rings. The predicted molar refractivity (Wildman–Crippen MR) is 350 cm³/mol. The lowest BCUT2D eigenvalue weighted by Crippen LogP contribution is -2.45. The molecule has 0 rings (SSSR count). The van der Waals surface area contributed by atoms with Crippen molar-refractivity contribution in [2.24, 2.45) is 0 Å². The van der Waals surface area contributed by atoms with E-state index >= 15 is 0 Å². The molecule has 0 aromatic heterocycles. The van der Waals surface area contributed by atoms with Crippen LogP contribution in [0.15, 0.2) is 85.1 Å². The first-order chi connectivity index (χ1) is 39.0. The fraction of sp³-hybridized carbons (Fsp3) is 0.789. The summed E-state index contributed by atoms with van der Waals surface area (Å²) in [6.45, 7) is 4.71. The molecular formula is C71H132N2O6P+. The number of allylic oxidation sites excluding steroid dienone is 13. The third-order valence-corrected chi connectivity index (χ3v) is 16.1. The molecule has 466 valence electrons. The number of amides is 1. The van der Waals surface area contributed by atoms with Crippen molar-refractivity contribution < 1.29 is 32.9 Å². The van der Waals surface area contributed by atoms with Crippen LogP contribution in [0.2, 0.25) is 0 Å². The number of quaternary nitrogens is 1. The number of nitrogens with one attached hydrogen (secondary N) is 1. The van der Waals surface area contributed by atoms with E-state index in [0.717, 1.165) is 70.6 Å². The van der Waals surface area contributed by atoms with Gasteiger partial charge < -0.3 is 19.8 Å². The van der Waals surface area contributed by atoms with E-state index in [0.29, 0.717) is 17.4 Å². The number of carbonyl (C=O) groups is 1. The third-order valence-electron chi connectivity index (χ3n) is 15.1. The molecule has 0 spiro atoms. The van der Waals surface area contributed by atoms with Crippen molar-refractivity contribution in [2.45, 2.75) is 321 Å². The van der Waals surface area contributed by atoms with Gasteiger partial charge in [0.15, 0.2) is 0 Å². The van der Waals surface area contributed by atoms with Gasteiger partial charge in [0.1, 0.15) is 13.2 Å². The van der Waals surface area contributed by atoms with E-state index in [1.165, 1.54) is 218 Å². The number of hydrogen-bond acceptors (Lipinski definition) is 5. The summed E-state index contributed by atoms with van der Waals surface area (Å²) in [5.74, 6) is -0.188. The van der Waals surface area contributed by atoms with Crippen LogP contribution < -0.4 is 5.32 Å². The molecule has 0 aromatic rings. The molecule has 3 N–H and O–H groups in total. The molecule has 0 aromatic carbocycles. The maximum absolute atomic E-state index is 13.0. The fourth-order valence-corrected chi connectivity index (χ4v) is 10.6. The predicted octanol–water partition coefficient (Wildman–Crippen LogP) is 21.5. The van der Waals surface area contributed by atoms with Gasteiger partial charge in [-0.25, -0.2) is 4.57 Å². The Kier molecular flexibility index (Phi) is 59.5. The van der Waals surface area contributed by atoms with E-state index in [2.05, 4.69) is 92.1 Å². The Morgan fingerprint density at radius 2 is 0.762 bits per heavy atom. The molecule has 0 bridgehead atoms. The van der Waals surface area contributed by atoms with Crippen molar-refractivity contribution in [3.05, 3.63) is 85.1 Å². The van der Waals surface area contributed by atoms with E-state index in [1.807, 2.05) is 27.2 Å². The van der Waals surface area contributed by atoms with Gasteiger partial charge in [-0.2, -0.15) is 0 Å². The largest absolute Gasteiger partial charge is 0.472 e. The van der Waals surface area contributed by atoms with Gasteiger partial charge >= 0.3 is 7.82 Å². The van der Waals surface area contributed by atoms with Crippen LogP contribution in [-0.2, 0) is 18.4 Å². The summed E-state index contributed by atoms with van der Waals surface area (Å²) in [5, 5.41) is 14.0. The SMILES string of the molecule is CC/C=C\C/C=C\C/C=C\C/C=C\CCCCCCCCCCCCCCCCCCCCCCCCC(=O)NC(COP(=O)(O)OCC[N+](C)(C)C)C(O)/C=C/CC/C=C/CC/C=C/CCCCCCCCCCCCCCC. The number of phosphoric acid groups is 1. The Morgan fingerprint density at radius 3 is 1.15 bits per heavy atom. The van der Waals surface area contributed by atoms with Crippen LogP contribution in [0, 0.1) is 0 Å². The number of rotatable bonds is 62. The summed E-state index contributed by atoms with van der Waals surface area (Å²) in [4.78, 5) is 23.4. The second kappa shape index (κ2) is 61.2. The van der Waals surface area contributed by atoms with Gasteiger partial charge in [0.2, 0.25) is 5.91 Å². The van der Waals surface area contributed by atoms with Crippen LogP contribution in [0.5, 0.6) is 0 Å². The quantitative estimate of drug-likeness (QED) is 0.0243. The van der Waals surface area contributed by atoms with Crippen molar-refractivity contribution in [1.82, 2.24) is 5.32 Å². The lowest BCUT2D eigenvalue weighted by molar-refractivity contribution is -0.870. The van der Waals surface area contributed by atoms with Crippen LogP contribution in [0.4, 0.5) is 0 Å². The Balaban J connectivity index is 4.08. The smallest absolute Gasteiger partial charge is 0.387 e. The zero-order valence-corrected chi connectivity index (χ0v) is 54.2. The highest BCUT2D eigenvalue weighted by molar-refractivity contribution is 7.47. The van der Waals surface area contributed by atoms with E-state index < -0.39 is 20.0 Å². The highest BCUT2D eigenvalue weighted by atomic mass is 31.2. The Morgan fingerprint density at radius 1 is 0.438 bits per heavy atom. The first-order valence-electron chi connectivity index (χ1n) is 34.0. The minimum atomic E-state index is -4.37. The van der Waals surface area contributed by atoms with Crippen LogP contribution in [0.1, 0.15) is 309 Å². The lowest BCUT2D eigenvalue weighted by atomic mass is 10.0. The number of hydrogen-bond donors (Lipinski definition) is 3. The summed E-state index contributed by atoms with van der Waals surface area (Å²) in [6, 6.07) is -0.873. The molecule has 0 saturated heterocycles. The maximum atomic E-state index is 13.0. The van der Waals surface area contributed by atoms with Gasteiger partial charge in [0.05, 0.1) is 39.9 Å². The molecular weight excluding hydrogens is 1010 g/mol. The zero-order valence-electron chi connectivity index (χ0n) is 53.3. The van der Waals surface area contributed by atoms with E-state index in [9.17, 15) is 19.4 Å². The van der Waals surface area contributed by atoms with Gasteiger partial charge in [0, 0.05) is 6.42 Å². The molecule has 1 amide bonds. The first-order valence-corrected chi connectivity index (χ1v) is 35.5. The number of likely N-dealkylation sites (N-methyl/N-ethyl adjacent to an activating group) is 1. The molecule has 0 saturated carbocycles. The van der Waals surface area contributed by atoms with Crippen molar-refractivity contribution in [1.29, 1.82) is 0 Å². The average Bonchev–Trinajstić information content (AvgIpc) is 3.42. The van der Waals surface area contributed by atoms with Gasteiger partial charge in [-0.1, -0.05) is 304 Å². The highest BCUT2D eigenvalue weighted by Crippen LogP contribution is 2.43. The Hall–Kier alpha value is -2.32. The minimum Gasteiger partial charge on any atom is -0.387 e. The van der Waals surface area contributed by atoms with Crippen LogP contribution >= 0.6 is 7.82 Å². The Labute approximate surface area is 497 Å². The van der Waals surface area contributed by atoms with Crippen molar-refractivity contribution >= 4 is 13.7 Å². The molecule has 0 radical (unpaired) electrons. The number of phosphoric ester groups is 1. The summed E-state index contributed by atoms with van der Waals surface area (Å²) in [5.41, 5.74) is 0. The fourth-order valence-electron chi connectivity index (χ4n) is 9.83. The molecule has 8 nitrogen and oxygen atoms in total. The first kappa shape index (κ1) is 77.7. The second-order valence-corrected chi connectivity index (χ2v) is 25.6. The van der Waals surface area contributed by atoms with Gasteiger partial charge in [-0.05, 0) is 83.5 Å². The van der Waals surface area contributed by atoms with Crippen LogP contribution in [0.25, 0.3) is 0 Å². The molecule has 0 heterocycles. The minimum absolute atomic E-state index is 0.0525. The topological polar surface area (TPSA) is 105 Å². The van der Waals surface area contributed by atoms with Gasteiger partial charge in [-0.3, -0.25) is 13.8 Å². The lowest BCUT2D eigenvalue weighted by Gasteiger charge is -2.25. The number of aliphatic hydroxyl groups excluding tert-OH is 1. The average molecular weight is 1140 g/mol. The Bertz CT molecular complexity index is 1580. The number of unbranched alkanes of at least 4 members (excludes halogenated alkanes) is 37.